The van der Waals surface area contributed by atoms with Crippen LogP contribution in [0.3, 0.4) is 0 Å². The third-order valence-electron chi connectivity index (χ3n) is 3.18. The average Bonchev–Trinajstić information content (AvgIpc) is 3.00. The number of rotatable bonds is 3. The second-order valence-corrected chi connectivity index (χ2v) is 5.63. The molecule has 7 heteroatoms. The normalized spacial score (nSPS) is 10.6. The summed E-state index contributed by atoms with van der Waals surface area (Å²) in [5.41, 5.74) is 1.47. The van der Waals surface area contributed by atoms with E-state index >= 15 is 0 Å². The number of benzene rings is 1. The van der Waals surface area contributed by atoms with E-state index in [1.807, 2.05) is 0 Å². The zero-order valence-corrected chi connectivity index (χ0v) is 13.5. The zero-order chi connectivity index (χ0) is 16.4. The molecule has 3 aromatic rings. The molecule has 0 atom stereocenters. The van der Waals surface area contributed by atoms with E-state index in [0.29, 0.717) is 27.2 Å². The lowest BCUT2D eigenvalue weighted by Gasteiger charge is -2.07. The minimum absolute atomic E-state index is 0.134. The molecule has 0 aliphatic rings. The lowest BCUT2D eigenvalue weighted by molar-refractivity contribution is 0.102. The summed E-state index contributed by atoms with van der Waals surface area (Å²) in [6.07, 6.45) is 2.66. The molecule has 0 saturated heterocycles. The van der Waals surface area contributed by atoms with Crippen molar-refractivity contribution in [2.45, 2.75) is 6.92 Å². The van der Waals surface area contributed by atoms with Gasteiger partial charge in [0.05, 0.1) is 10.0 Å². The smallest absolute Gasteiger partial charge is 0.279 e. The minimum atomic E-state index is -0.438. The first kappa shape index (κ1) is 15.5. The number of amides is 1. The van der Waals surface area contributed by atoms with Crippen LogP contribution >= 0.6 is 23.2 Å². The SMILES string of the molecule is Cc1cc(Cl)cnc1NC(=O)c1ncoc1-c1ccccc1Cl. The molecule has 1 aromatic carbocycles. The van der Waals surface area contributed by atoms with E-state index in [2.05, 4.69) is 15.3 Å². The highest BCUT2D eigenvalue weighted by Crippen LogP contribution is 2.30. The van der Waals surface area contributed by atoms with E-state index in [0.717, 1.165) is 5.56 Å². The highest BCUT2D eigenvalue weighted by Gasteiger charge is 2.20. The Kier molecular flexibility index (Phi) is 4.32. The standard InChI is InChI=1S/C16H11Cl2N3O2/c1-9-6-10(17)7-19-15(9)21-16(22)13-14(23-8-20-13)11-4-2-3-5-12(11)18/h2-8H,1H3,(H,19,21,22). The molecule has 0 aliphatic heterocycles. The molecule has 1 amide bonds. The van der Waals surface area contributed by atoms with E-state index in [-0.39, 0.29) is 5.69 Å². The summed E-state index contributed by atoms with van der Waals surface area (Å²) in [6.45, 7) is 1.80. The number of nitrogens with zero attached hydrogens (tertiary/aromatic N) is 2. The van der Waals surface area contributed by atoms with E-state index in [1.54, 1.807) is 37.3 Å². The molecule has 3 rings (SSSR count). The summed E-state index contributed by atoms with van der Waals surface area (Å²) in [7, 11) is 0. The van der Waals surface area contributed by atoms with Gasteiger partial charge in [0.25, 0.3) is 5.91 Å². The number of halogens is 2. The molecule has 0 radical (unpaired) electrons. The van der Waals surface area contributed by atoms with Crippen LogP contribution in [0.2, 0.25) is 10.0 Å². The third-order valence-corrected chi connectivity index (χ3v) is 3.71. The number of aryl methyl sites for hydroxylation is 1. The third kappa shape index (κ3) is 3.21. The van der Waals surface area contributed by atoms with Gasteiger partial charge in [-0.1, -0.05) is 35.3 Å². The lowest BCUT2D eigenvalue weighted by atomic mass is 10.1. The van der Waals surface area contributed by atoms with Gasteiger partial charge in [-0.25, -0.2) is 9.97 Å². The van der Waals surface area contributed by atoms with Gasteiger partial charge in [0.1, 0.15) is 5.82 Å². The Hall–Kier alpha value is -2.37. The molecule has 0 bridgehead atoms. The Labute approximate surface area is 142 Å². The summed E-state index contributed by atoms with van der Waals surface area (Å²) in [6, 6.07) is 8.78. The monoisotopic (exact) mass is 347 g/mol. The number of hydrogen-bond donors (Lipinski definition) is 1. The van der Waals surface area contributed by atoms with Crippen molar-refractivity contribution in [1.29, 1.82) is 0 Å². The molecule has 1 N–H and O–H groups in total. The predicted octanol–water partition coefficient (Wildman–Crippen LogP) is 4.60. The number of carbonyl (C=O) groups excluding carboxylic acids is 1. The fraction of sp³-hybridized carbons (Fsp3) is 0.0625. The molecule has 2 heterocycles. The number of carbonyl (C=O) groups is 1. The van der Waals surface area contributed by atoms with Gasteiger partial charge in [0.2, 0.25) is 0 Å². The maximum Gasteiger partial charge on any atom is 0.279 e. The number of aromatic nitrogens is 2. The van der Waals surface area contributed by atoms with Gasteiger partial charge in [-0.15, -0.1) is 0 Å². The van der Waals surface area contributed by atoms with Crippen LogP contribution in [-0.4, -0.2) is 15.9 Å². The first-order valence-corrected chi connectivity index (χ1v) is 7.43. The zero-order valence-electron chi connectivity index (χ0n) is 12.0. The highest BCUT2D eigenvalue weighted by molar-refractivity contribution is 6.33. The quantitative estimate of drug-likeness (QED) is 0.751. The van der Waals surface area contributed by atoms with Crippen molar-refractivity contribution in [3.05, 3.63) is 64.2 Å². The van der Waals surface area contributed by atoms with Crippen molar-refractivity contribution in [2.75, 3.05) is 5.32 Å². The van der Waals surface area contributed by atoms with Gasteiger partial charge < -0.3 is 9.73 Å². The fourth-order valence-electron chi connectivity index (χ4n) is 2.08. The number of hydrogen-bond acceptors (Lipinski definition) is 4. The summed E-state index contributed by atoms with van der Waals surface area (Å²) in [5, 5.41) is 3.67. The maximum absolute atomic E-state index is 12.5. The maximum atomic E-state index is 12.5. The predicted molar refractivity (Wildman–Crippen MR) is 88.9 cm³/mol. The molecule has 23 heavy (non-hydrogen) atoms. The van der Waals surface area contributed by atoms with Crippen molar-refractivity contribution >= 4 is 34.9 Å². The summed E-state index contributed by atoms with van der Waals surface area (Å²) >= 11 is 12.0. The molecule has 0 spiro atoms. The average molecular weight is 348 g/mol. The Bertz CT molecular complexity index is 877. The molecular formula is C16H11Cl2N3O2. The van der Waals surface area contributed by atoms with Crippen molar-refractivity contribution in [3.8, 4) is 11.3 Å². The van der Waals surface area contributed by atoms with E-state index in [9.17, 15) is 4.79 Å². The Balaban J connectivity index is 1.93. The van der Waals surface area contributed by atoms with Gasteiger partial charge in [0.15, 0.2) is 17.8 Å². The highest BCUT2D eigenvalue weighted by atomic mass is 35.5. The Morgan fingerprint density at radius 3 is 2.74 bits per heavy atom. The van der Waals surface area contributed by atoms with Crippen LogP contribution in [-0.2, 0) is 0 Å². The van der Waals surface area contributed by atoms with E-state index < -0.39 is 5.91 Å². The van der Waals surface area contributed by atoms with Crippen molar-refractivity contribution < 1.29 is 9.21 Å². The summed E-state index contributed by atoms with van der Waals surface area (Å²) in [4.78, 5) is 20.6. The van der Waals surface area contributed by atoms with Crippen LogP contribution in [0, 0.1) is 6.92 Å². The van der Waals surface area contributed by atoms with Crippen LogP contribution in [0.5, 0.6) is 0 Å². The van der Waals surface area contributed by atoms with Gasteiger partial charge in [-0.2, -0.15) is 0 Å². The molecule has 0 saturated carbocycles. The van der Waals surface area contributed by atoms with Crippen LogP contribution in [0.4, 0.5) is 5.82 Å². The van der Waals surface area contributed by atoms with Crippen molar-refractivity contribution in [2.24, 2.45) is 0 Å². The Morgan fingerprint density at radius 1 is 1.22 bits per heavy atom. The van der Waals surface area contributed by atoms with Gasteiger partial charge in [-0.3, -0.25) is 4.79 Å². The van der Waals surface area contributed by atoms with Crippen molar-refractivity contribution in [3.63, 3.8) is 0 Å². The van der Waals surface area contributed by atoms with Gasteiger partial charge in [0, 0.05) is 11.8 Å². The van der Waals surface area contributed by atoms with Gasteiger partial charge >= 0.3 is 0 Å². The van der Waals surface area contributed by atoms with Crippen LogP contribution in [0.1, 0.15) is 16.1 Å². The molecule has 0 fully saturated rings. The largest absolute Gasteiger partial charge is 0.443 e. The molecular weight excluding hydrogens is 337 g/mol. The van der Waals surface area contributed by atoms with E-state index in [1.165, 1.54) is 12.6 Å². The second-order valence-electron chi connectivity index (χ2n) is 4.78. The summed E-state index contributed by atoms with van der Waals surface area (Å²) in [5.74, 6) is 0.277. The fourth-order valence-corrected chi connectivity index (χ4v) is 2.52. The molecule has 116 valence electrons. The number of nitrogens with one attached hydrogen (secondary N) is 1. The van der Waals surface area contributed by atoms with Crippen LogP contribution < -0.4 is 5.32 Å². The van der Waals surface area contributed by atoms with Crippen LogP contribution in [0.15, 0.2) is 47.3 Å². The first-order valence-electron chi connectivity index (χ1n) is 6.68. The van der Waals surface area contributed by atoms with Gasteiger partial charge in [-0.05, 0) is 30.7 Å². The number of oxazole rings is 1. The number of anilines is 1. The topological polar surface area (TPSA) is 68.0 Å². The molecule has 2 aromatic heterocycles. The molecule has 0 aliphatic carbocycles. The minimum Gasteiger partial charge on any atom is -0.443 e. The Morgan fingerprint density at radius 2 is 2.00 bits per heavy atom. The first-order chi connectivity index (χ1) is 11.1. The molecule has 5 nitrogen and oxygen atoms in total. The van der Waals surface area contributed by atoms with E-state index in [4.69, 9.17) is 27.6 Å². The molecule has 0 unspecified atom stereocenters. The second kappa shape index (κ2) is 6.40. The lowest BCUT2D eigenvalue weighted by Crippen LogP contribution is -2.15. The number of pyridine rings is 1. The van der Waals surface area contributed by atoms with Crippen molar-refractivity contribution in [1.82, 2.24) is 9.97 Å². The van der Waals surface area contributed by atoms with Crippen LogP contribution in [0.25, 0.3) is 11.3 Å². The summed E-state index contributed by atoms with van der Waals surface area (Å²) < 4.78 is 5.34.